The number of nitrogens with one attached hydrogen (secondary N) is 1. The van der Waals surface area contributed by atoms with Crippen molar-refractivity contribution in [2.45, 2.75) is 50.5 Å². The molecule has 0 radical (unpaired) electrons. The molecule has 1 N–H and O–H groups in total. The van der Waals surface area contributed by atoms with E-state index >= 15 is 0 Å². The van der Waals surface area contributed by atoms with Crippen molar-refractivity contribution in [3.05, 3.63) is 29.3 Å². The van der Waals surface area contributed by atoms with Crippen molar-refractivity contribution in [2.24, 2.45) is 0 Å². The summed E-state index contributed by atoms with van der Waals surface area (Å²) in [5, 5.41) is 2.96. The number of nitrogens with zero attached hydrogens (tertiary/aromatic N) is 2. The minimum absolute atomic E-state index is 0.00859. The van der Waals surface area contributed by atoms with Crippen LogP contribution in [0.25, 0.3) is 0 Å². The van der Waals surface area contributed by atoms with Crippen molar-refractivity contribution in [3.8, 4) is 0 Å². The SMILES string of the molecule is CCC(C)NC(=O)CN1CCN(S(=O)(=O)c2ccc3c(c2)CCC3)CC1. The minimum atomic E-state index is -3.45. The number of amides is 1. The second-order valence-electron chi connectivity index (χ2n) is 7.34. The van der Waals surface area contributed by atoms with Gasteiger partial charge in [0.1, 0.15) is 0 Å². The number of fused-ring (bicyclic) bond motifs is 1. The fourth-order valence-corrected chi connectivity index (χ4v) is 5.08. The Bertz CT molecular complexity index is 755. The first-order valence-electron chi connectivity index (χ1n) is 9.54. The van der Waals surface area contributed by atoms with Crippen LogP contribution < -0.4 is 5.32 Å². The Balaban J connectivity index is 1.58. The van der Waals surface area contributed by atoms with Crippen LogP contribution in [0.15, 0.2) is 23.1 Å². The molecule has 1 aliphatic heterocycles. The number of benzene rings is 1. The average Bonchev–Trinajstić information content (AvgIpc) is 3.09. The summed E-state index contributed by atoms with van der Waals surface area (Å²) < 4.78 is 27.4. The molecule has 0 bridgehead atoms. The molecule has 26 heavy (non-hydrogen) atoms. The van der Waals surface area contributed by atoms with Crippen LogP contribution in [0.3, 0.4) is 0 Å². The molecule has 7 heteroatoms. The van der Waals surface area contributed by atoms with E-state index in [-0.39, 0.29) is 11.9 Å². The molecule has 1 saturated heterocycles. The molecule has 1 amide bonds. The lowest BCUT2D eigenvalue weighted by atomic mass is 10.1. The summed E-state index contributed by atoms with van der Waals surface area (Å²) in [6, 6.07) is 5.73. The van der Waals surface area contributed by atoms with E-state index in [2.05, 4.69) is 5.32 Å². The van der Waals surface area contributed by atoms with Crippen LogP contribution in [-0.4, -0.2) is 62.3 Å². The Kier molecular flexibility index (Phi) is 5.99. The van der Waals surface area contributed by atoms with Crippen molar-refractivity contribution in [1.29, 1.82) is 0 Å². The van der Waals surface area contributed by atoms with Crippen LogP contribution in [0.2, 0.25) is 0 Å². The highest BCUT2D eigenvalue weighted by molar-refractivity contribution is 7.89. The Hall–Kier alpha value is -1.44. The van der Waals surface area contributed by atoms with Gasteiger partial charge in [-0.2, -0.15) is 4.31 Å². The van der Waals surface area contributed by atoms with E-state index in [1.807, 2.05) is 30.9 Å². The molecule has 1 aliphatic carbocycles. The molecule has 1 unspecified atom stereocenters. The zero-order valence-corrected chi connectivity index (χ0v) is 16.5. The van der Waals surface area contributed by atoms with Gasteiger partial charge in [0.05, 0.1) is 11.4 Å². The second kappa shape index (κ2) is 8.06. The highest BCUT2D eigenvalue weighted by Gasteiger charge is 2.30. The molecule has 1 aromatic carbocycles. The van der Waals surface area contributed by atoms with Crippen LogP contribution in [0.1, 0.15) is 37.8 Å². The van der Waals surface area contributed by atoms with Gasteiger partial charge in [-0.1, -0.05) is 13.0 Å². The van der Waals surface area contributed by atoms with Gasteiger partial charge in [0, 0.05) is 32.2 Å². The Morgan fingerprint density at radius 1 is 1.15 bits per heavy atom. The van der Waals surface area contributed by atoms with E-state index in [0.29, 0.717) is 37.6 Å². The van der Waals surface area contributed by atoms with Gasteiger partial charge in [0.25, 0.3) is 0 Å². The van der Waals surface area contributed by atoms with Gasteiger partial charge in [-0.05, 0) is 55.9 Å². The Labute approximate surface area is 156 Å². The summed E-state index contributed by atoms with van der Waals surface area (Å²) in [7, 11) is -3.45. The number of hydrogen-bond donors (Lipinski definition) is 1. The number of aryl methyl sites for hydroxylation is 2. The van der Waals surface area contributed by atoms with E-state index in [0.717, 1.165) is 25.7 Å². The largest absolute Gasteiger partial charge is 0.353 e. The summed E-state index contributed by atoms with van der Waals surface area (Å²) in [5.74, 6) is 0.00859. The molecular formula is C19H29N3O3S. The molecule has 1 fully saturated rings. The van der Waals surface area contributed by atoms with Crippen molar-refractivity contribution in [1.82, 2.24) is 14.5 Å². The zero-order chi connectivity index (χ0) is 18.7. The molecular weight excluding hydrogens is 350 g/mol. The smallest absolute Gasteiger partial charge is 0.243 e. The molecule has 1 aromatic rings. The summed E-state index contributed by atoms with van der Waals surface area (Å²) in [6.07, 6.45) is 4.03. The molecule has 144 valence electrons. The lowest BCUT2D eigenvalue weighted by molar-refractivity contribution is -0.123. The molecule has 3 rings (SSSR count). The van der Waals surface area contributed by atoms with Crippen LogP contribution in [0, 0.1) is 0 Å². The standard InChI is InChI=1S/C19H29N3O3S/c1-3-15(2)20-19(23)14-21-9-11-22(12-10-21)26(24,25)18-8-7-16-5-4-6-17(16)13-18/h7-8,13,15H,3-6,9-12,14H2,1-2H3,(H,20,23). The lowest BCUT2D eigenvalue weighted by Gasteiger charge is -2.33. The predicted octanol–water partition coefficient (Wildman–Crippen LogP) is 1.40. The van der Waals surface area contributed by atoms with E-state index in [9.17, 15) is 13.2 Å². The highest BCUT2D eigenvalue weighted by atomic mass is 32.2. The summed E-state index contributed by atoms with van der Waals surface area (Å²) in [6.45, 7) is 6.37. The minimum Gasteiger partial charge on any atom is -0.353 e. The first-order chi connectivity index (χ1) is 12.4. The summed E-state index contributed by atoms with van der Waals surface area (Å²) >= 11 is 0. The van der Waals surface area contributed by atoms with Crippen LogP contribution in [0.5, 0.6) is 0 Å². The molecule has 6 nitrogen and oxygen atoms in total. The van der Waals surface area contributed by atoms with Gasteiger partial charge >= 0.3 is 0 Å². The maximum absolute atomic E-state index is 12.9. The normalized spacial score (nSPS) is 19.9. The number of carbonyl (C=O) groups excluding carboxylic acids is 1. The molecule has 0 spiro atoms. The van der Waals surface area contributed by atoms with Crippen molar-refractivity contribution in [3.63, 3.8) is 0 Å². The summed E-state index contributed by atoms with van der Waals surface area (Å²) in [5.41, 5.74) is 2.45. The van der Waals surface area contributed by atoms with Gasteiger partial charge in [0.2, 0.25) is 15.9 Å². The van der Waals surface area contributed by atoms with E-state index in [4.69, 9.17) is 0 Å². The van der Waals surface area contributed by atoms with Crippen LogP contribution >= 0.6 is 0 Å². The Morgan fingerprint density at radius 2 is 1.85 bits per heavy atom. The van der Waals surface area contributed by atoms with Crippen molar-refractivity contribution in [2.75, 3.05) is 32.7 Å². The number of piperazine rings is 1. The topological polar surface area (TPSA) is 69.7 Å². The van der Waals surface area contributed by atoms with Gasteiger partial charge < -0.3 is 5.32 Å². The molecule has 2 aliphatic rings. The first kappa shape index (κ1) is 19.3. The van der Waals surface area contributed by atoms with Gasteiger partial charge in [-0.25, -0.2) is 8.42 Å². The molecule has 1 atom stereocenters. The number of rotatable bonds is 6. The monoisotopic (exact) mass is 379 g/mol. The fourth-order valence-electron chi connectivity index (χ4n) is 3.61. The lowest BCUT2D eigenvalue weighted by Crippen LogP contribution is -2.51. The quantitative estimate of drug-likeness (QED) is 0.811. The van der Waals surface area contributed by atoms with E-state index in [1.165, 1.54) is 11.1 Å². The van der Waals surface area contributed by atoms with Gasteiger partial charge in [-0.3, -0.25) is 9.69 Å². The number of sulfonamides is 1. The predicted molar refractivity (Wildman–Crippen MR) is 102 cm³/mol. The number of carbonyl (C=O) groups is 1. The van der Waals surface area contributed by atoms with Crippen LogP contribution in [-0.2, 0) is 27.7 Å². The zero-order valence-electron chi connectivity index (χ0n) is 15.7. The van der Waals surface area contributed by atoms with E-state index in [1.54, 1.807) is 10.4 Å². The van der Waals surface area contributed by atoms with Crippen molar-refractivity contribution >= 4 is 15.9 Å². The summed E-state index contributed by atoms with van der Waals surface area (Å²) in [4.78, 5) is 14.4. The average molecular weight is 380 g/mol. The Morgan fingerprint density at radius 3 is 2.54 bits per heavy atom. The maximum atomic E-state index is 12.9. The third kappa shape index (κ3) is 4.27. The fraction of sp³-hybridized carbons (Fsp3) is 0.632. The van der Waals surface area contributed by atoms with Crippen molar-refractivity contribution < 1.29 is 13.2 Å². The van der Waals surface area contributed by atoms with E-state index < -0.39 is 10.0 Å². The third-order valence-electron chi connectivity index (χ3n) is 5.43. The highest BCUT2D eigenvalue weighted by Crippen LogP contribution is 2.26. The van der Waals surface area contributed by atoms with Gasteiger partial charge in [0.15, 0.2) is 0 Å². The van der Waals surface area contributed by atoms with Gasteiger partial charge in [-0.15, -0.1) is 0 Å². The molecule has 0 saturated carbocycles. The third-order valence-corrected chi connectivity index (χ3v) is 7.32. The second-order valence-corrected chi connectivity index (χ2v) is 9.28. The first-order valence-corrected chi connectivity index (χ1v) is 11.0. The molecule has 0 aromatic heterocycles. The molecule has 1 heterocycles. The maximum Gasteiger partial charge on any atom is 0.243 e. The van der Waals surface area contributed by atoms with Crippen LogP contribution in [0.4, 0.5) is 0 Å². The number of hydrogen-bond acceptors (Lipinski definition) is 4.